The molecule has 8 heteroatoms. The molecule has 7 nitrogen and oxygen atoms in total. The summed E-state index contributed by atoms with van der Waals surface area (Å²) in [4.78, 5) is 37.6. The van der Waals surface area contributed by atoms with Gasteiger partial charge >= 0.3 is 5.97 Å². The highest BCUT2D eigenvalue weighted by atomic mass is 79.9. The van der Waals surface area contributed by atoms with E-state index >= 15 is 0 Å². The zero-order valence-electron chi connectivity index (χ0n) is 15.2. The summed E-state index contributed by atoms with van der Waals surface area (Å²) in [5.74, 6) is -0.610. The number of para-hydroxylation sites is 2. The zero-order valence-corrected chi connectivity index (χ0v) is 16.8. The average molecular weight is 447 g/mol. The fourth-order valence-corrected chi connectivity index (χ4v) is 3.25. The minimum atomic E-state index is -0.556. The second-order valence-corrected chi connectivity index (χ2v) is 7.14. The van der Waals surface area contributed by atoms with Crippen LogP contribution in [0.4, 0.5) is 11.4 Å². The topological polar surface area (TPSA) is 84.9 Å². The van der Waals surface area contributed by atoms with Crippen molar-refractivity contribution >= 4 is 45.1 Å². The van der Waals surface area contributed by atoms with Gasteiger partial charge in [0.1, 0.15) is 5.75 Å². The maximum absolute atomic E-state index is 12.1. The van der Waals surface area contributed by atoms with E-state index in [1.54, 1.807) is 24.3 Å². The Bertz CT molecular complexity index is 915. The smallest absolute Gasteiger partial charge is 0.308 e. The van der Waals surface area contributed by atoms with E-state index in [0.29, 0.717) is 17.1 Å². The molecule has 0 bridgehead atoms. The van der Waals surface area contributed by atoms with E-state index in [0.717, 1.165) is 10.0 Å². The van der Waals surface area contributed by atoms with Crippen molar-refractivity contribution in [3.8, 4) is 5.75 Å². The first-order chi connectivity index (χ1) is 13.4. The Morgan fingerprint density at radius 2 is 2.04 bits per heavy atom. The van der Waals surface area contributed by atoms with Crippen LogP contribution in [0.2, 0.25) is 0 Å². The van der Waals surface area contributed by atoms with Crippen LogP contribution in [0.3, 0.4) is 0 Å². The molecule has 28 heavy (non-hydrogen) atoms. The summed E-state index contributed by atoms with van der Waals surface area (Å²) >= 11 is 3.36. The molecular formula is C20H19BrN2O5. The predicted octanol–water partition coefficient (Wildman–Crippen LogP) is 3.05. The molecule has 0 atom stereocenters. The van der Waals surface area contributed by atoms with E-state index < -0.39 is 11.9 Å². The molecule has 1 aliphatic rings. The molecule has 0 aliphatic carbocycles. The van der Waals surface area contributed by atoms with Gasteiger partial charge in [0.05, 0.1) is 12.1 Å². The lowest BCUT2D eigenvalue weighted by molar-refractivity contribution is -0.147. The van der Waals surface area contributed by atoms with Crippen molar-refractivity contribution in [2.75, 3.05) is 30.0 Å². The zero-order chi connectivity index (χ0) is 20.1. The Kier molecular flexibility index (Phi) is 6.30. The van der Waals surface area contributed by atoms with Gasteiger partial charge in [-0.2, -0.15) is 0 Å². The molecular weight excluding hydrogens is 428 g/mol. The van der Waals surface area contributed by atoms with Gasteiger partial charge in [0, 0.05) is 16.7 Å². The Balaban J connectivity index is 1.48. The first kappa shape index (κ1) is 19.9. The summed E-state index contributed by atoms with van der Waals surface area (Å²) < 4.78 is 11.3. The number of benzene rings is 2. The van der Waals surface area contributed by atoms with Crippen LogP contribution in [-0.4, -0.2) is 37.5 Å². The molecule has 0 fully saturated rings. The summed E-state index contributed by atoms with van der Waals surface area (Å²) in [6.07, 6.45) is -0.0231. The number of nitrogens with one attached hydrogen (secondary N) is 1. The van der Waals surface area contributed by atoms with Crippen molar-refractivity contribution in [2.45, 2.75) is 13.3 Å². The fraction of sp³-hybridized carbons (Fsp3) is 0.250. The molecule has 2 amide bonds. The van der Waals surface area contributed by atoms with Gasteiger partial charge in [0.15, 0.2) is 13.2 Å². The first-order valence-corrected chi connectivity index (χ1v) is 9.47. The molecule has 1 aliphatic heterocycles. The van der Waals surface area contributed by atoms with Crippen molar-refractivity contribution < 1.29 is 23.9 Å². The third-order valence-electron chi connectivity index (χ3n) is 4.17. The maximum Gasteiger partial charge on any atom is 0.308 e. The van der Waals surface area contributed by atoms with Crippen LogP contribution < -0.4 is 15.0 Å². The molecule has 0 spiro atoms. The van der Waals surface area contributed by atoms with Crippen molar-refractivity contribution in [3.63, 3.8) is 0 Å². The monoisotopic (exact) mass is 446 g/mol. The van der Waals surface area contributed by atoms with E-state index in [1.807, 2.05) is 25.1 Å². The number of halogens is 1. The SMILES string of the molecule is Cc1cc(Br)ccc1NC(=O)COC(=O)CCN1C(=O)COc2ccccc21. The maximum atomic E-state index is 12.1. The second-order valence-electron chi connectivity index (χ2n) is 6.22. The minimum absolute atomic E-state index is 0.0231. The quantitative estimate of drug-likeness (QED) is 0.689. The van der Waals surface area contributed by atoms with E-state index in [2.05, 4.69) is 21.2 Å². The molecule has 0 saturated carbocycles. The number of hydrogen-bond donors (Lipinski definition) is 1. The highest BCUT2D eigenvalue weighted by Crippen LogP contribution is 2.31. The molecule has 3 rings (SSSR count). The van der Waals surface area contributed by atoms with Crippen LogP contribution in [-0.2, 0) is 19.1 Å². The lowest BCUT2D eigenvalue weighted by Gasteiger charge is -2.28. The van der Waals surface area contributed by atoms with Gasteiger partial charge in [-0.1, -0.05) is 28.1 Å². The van der Waals surface area contributed by atoms with Crippen LogP contribution in [0.1, 0.15) is 12.0 Å². The Morgan fingerprint density at radius 1 is 1.25 bits per heavy atom. The van der Waals surface area contributed by atoms with Crippen molar-refractivity contribution in [2.24, 2.45) is 0 Å². The number of fused-ring (bicyclic) bond motifs is 1. The van der Waals surface area contributed by atoms with Gasteiger partial charge in [0.25, 0.3) is 11.8 Å². The minimum Gasteiger partial charge on any atom is -0.482 e. The molecule has 0 radical (unpaired) electrons. The van der Waals surface area contributed by atoms with Gasteiger partial charge in [-0.15, -0.1) is 0 Å². The van der Waals surface area contributed by atoms with E-state index in [4.69, 9.17) is 9.47 Å². The highest BCUT2D eigenvalue weighted by Gasteiger charge is 2.25. The third-order valence-corrected chi connectivity index (χ3v) is 4.67. The van der Waals surface area contributed by atoms with Gasteiger partial charge in [-0.25, -0.2) is 0 Å². The van der Waals surface area contributed by atoms with Crippen molar-refractivity contribution in [3.05, 3.63) is 52.5 Å². The number of ether oxygens (including phenoxy) is 2. The lowest BCUT2D eigenvalue weighted by Crippen LogP contribution is -2.40. The number of hydrogen-bond acceptors (Lipinski definition) is 5. The molecule has 0 unspecified atom stereocenters. The van der Waals surface area contributed by atoms with Crippen molar-refractivity contribution in [1.82, 2.24) is 0 Å². The first-order valence-electron chi connectivity index (χ1n) is 8.68. The second kappa shape index (κ2) is 8.88. The number of carbonyl (C=O) groups is 3. The summed E-state index contributed by atoms with van der Waals surface area (Å²) in [5, 5.41) is 2.70. The molecule has 2 aromatic rings. The third kappa shape index (κ3) is 4.89. The number of nitrogens with zero attached hydrogens (tertiary/aromatic N) is 1. The molecule has 0 aromatic heterocycles. The number of rotatable bonds is 6. The highest BCUT2D eigenvalue weighted by molar-refractivity contribution is 9.10. The molecule has 1 N–H and O–H groups in total. The summed E-state index contributed by atoms with van der Waals surface area (Å²) in [7, 11) is 0. The number of carbonyl (C=O) groups excluding carboxylic acids is 3. The summed E-state index contributed by atoms with van der Waals surface area (Å²) in [6, 6.07) is 12.6. The molecule has 146 valence electrons. The van der Waals surface area contributed by atoms with Crippen LogP contribution in [0.25, 0.3) is 0 Å². The average Bonchev–Trinajstić information content (AvgIpc) is 2.68. The Morgan fingerprint density at radius 3 is 2.82 bits per heavy atom. The summed E-state index contributed by atoms with van der Waals surface area (Å²) in [5.41, 5.74) is 2.16. The normalized spacial score (nSPS) is 12.8. The predicted molar refractivity (Wildman–Crippen MR) is 107 cm³/mol. The van der Waals surface area contributed by atoms with E-state index in [1.165, 1.54) is 4.90 Å². The van der Waals surface area contributed by atoms with Gasteiger partial charge in [0.2, 0.25) is 0 Å². The van der Waals surface area contributed by atoms with Gasteiger partial charge in [-0.3, -0.25) is 14.4 Å². The van der Waals surface area contributed by atoms with E-state index in [9.17, 15) is 14.4 Å². The summed E-state index contributed by atoms with van der Waals surface area (Å²) in [6.45, 7) is 1.57. The number of esters is 1. The number of aryl methyl sites for hydroxylation is 1. The number of amides is 2. The lowest BCUT2D eigenvalue weighted by atomic mass is 10.2. The van der Waals surface area contributed by atoms with Gasteiger partial charge < -0.3 is 19.7 Å². The molecule has 2 aromatic carbocycles. The fourth-order valence-electron chi connectivity index (χ4n) is 2.77. The number of anilines is 2. The van der Waals surface area contributed by atoms with Crippen LogP contribution in [0.5, 0.6) is 5.75 Å². The Hall–Kier alpha value is -2.87. The van der Waals surface area contributed by atoms with Crippen LogP contribution in [0, 0.1) is 6.92 Å². The standard InChI is InChI=1S/C20H19BrN2O5/c1-13-10-14(21)6-7-15(13)22-18(24)11-28-20(26)8-9-23-16-4-2-3-5-17(16)27-12-19(23)25/h2-7,10H,8-9,11-12H2,1H3,(H,22,24). The van der Waals surface area contributed by atoms with Crippen molar-refractivity contribution in [1.29, 1.82) is 0 Å². The van der Waals surface area contributed by atoms with Crippen LogP contribution in [0.15, 0.2) is 46.9 Å². The molecule has 0 saturated heterocycles. The largest absolute Gasteiger partial charge is 0.482 e. The van der Waals surface area contributed by atoms with Gasteiger partial charge in [-0.05, 0) is 42.8 Å². The van der Waals surface area contributed by atoms with Crippen LogP contribution >= 0.6 is 15.9 Å². The molecule has 1 heterocycles. The van der Waals surface area contributed by atoms with E-state index in [-0.39, 0.29) is 32.1 Å². The Labute approximate surface area is 170 Å².